The minimum absolute atomic E-state index is 0.0136. The lowest BCUT2D eigenvalue weighted by molar-refractivity contribution is -0.161. The zero-order valence-electron chi connectivity index (χ0n) is 36.2. The number of unbranched alkanes of at least 4 members (excludes halogenated alkanes) is 5. The van der Waals surface area contributed by atoms with Crippen LogP contribution in [0.4, 0.5) is 0 Å². The summed E-state index contributed by atoms with van der Waals surface area (Å²) in [5, 5.41) is 30.5. The molecule has 0 saturated heterocycles. The quantitative estimate of drug-likeness (QED) is 0.0130. The van der Waals surface area contributed by atoms with Gasteiger partial charge in [0.2, 0.25) is 0 Å². The number of ether oxygens (including phenoxy) is 2. The van der Waals surface area contributed by atoms with Gasteiger partial charge in [0.15, 0.2) is 6.10 Å². The van der Waals surface area contributed by atoms with Crippen LogP contribution in [-0.4, -0.2) is 82.9 Å². The molecule has 0 aliphatic carbocycles. The predicted molar refractivity (Wildman–Crippen MR) is 242 cm³/mol. The molecule has 1 unspecified atom stereocenters. The summed E-state index contributed by atoms with van der Waals surface area (Å²) < 4.78 is 32.5. The van der Waals surface area contributed by atoms with Crippen LogP contribution in [0, 0.1) is 0 Å². The van der Waals surface area contributed by atoms with Gasteiger partial charge in [-0.1, -0.05) is 149 Å². The Morgan fingerprint density at radius 3 is 1.83 bits per heavy atom. The van der Waals surface area contributed by atoms with Crippen LogP contribution in [-0.2, 0) is 32.7 Å². The van der Waals surface area contributed by atoms with Crippen LogP contribution >= 0.6 is 7.82 Å². The van der Waals surface area contributed by atoms with Gasteiger partial charge in [0, 0.05) is 19.4 Å². The SMILES string of the molecule is CC/C=C\C/C=C\C/C=C\C/C=C\C/C=C\CCCCCC(=O)OC[C@H](COP(=O)(O)OCCN)OC(=O)CCC[C@H](O)[C@@H](O)/C=C/C=C/C=C\C=C\[C@@H](O)CCCCC. The number of phosphoric ester groups is 1. The standard InChI is InChI=1S/C47H76NO11P/c1-3-5-7-8-9-10-11-12-13-14-15-16-17-18-19-20-21-26-30-36-46(52)56-40-43(41-58-60(54,55)57-39-38-48)59-47(53)37-31-35-45(51)44(50)34-29-25-23-22-24-28-33-42(49)32-27-6-4-2/h5,7,9-10,12-13,15-16,18-19,22-25,28-29,33-34,42-45,49-51H,3-4,6,8,11,14,17,20-21,26-27,30-32,35-41,48H2,1-2H3,(H,54,55)/b7-5-,10-9-,13-12-,16-15-,19-18-,24-22-,25-23+,33-28+,34-29+/t42-,43+,44-,45-/m0/s1. The van der Waals surface area contributed by atoms with Gasteiger partial charge in [-0.25, -0.2) is 4.57 Å². The third-order valence-corrected chi connectivity index (χ3v) is 9.49. The van der Waals surface area contributed by atoms with Gasteiger partial charge >= 0.3 is 19.8 Å². The Kier molecular flexibility index (Phi) is 38.6. The summed E-state index contributed by atoms with van der Waals surface area (Å²) in [5.41, 5.74) is 5.32. The van der Waals surface area contributed by atoms with E-state index in [1.165, 1.54) is 6.08 Å². The summed E-state index contributed by atoms with van der Waals surface area (Å²) in [4.78, 5) is 34.9. The Bertz CT molecular complexity index is 1400. The average Bonchev–Trinajstić information content (AvgIpc) is 3.22. The van der Waals surface area contributed by atoms with Gasteiger partial charge in [-0.2, -0.15) is 0 Å². The fraction of sp³-hybridized carbons (Fsp3) is 0.574. The van der Waals surface area contributed by atoms with Crippen molar-refractivity contribution in [2.24, 2.45) is 5.73 Å². The molecule has 0 fully saturated rings. The number of hydrogen-bond acceptors (Lipinski definition) is 11. The third kappa shape index (κ3) is 38.7. The van der Waals surface area contributed by atoms with E-state index in [-0.39, 0.29) is 38.8 Å². The molecule has 0 aromatic heterocycles. The molecule has 6 N–H and O–H groups in total. The second kappa shape index (κ2) is 40.9. The fourth-order valence-electron chi connectivity index (χ4n) is 5.16. The highest BCUT2D eigenvalue weighted by Gasteiger charge is 2.26. The highest BCUT2D eigenvalue weighted by molar-refractivity contribution is 7.47. The lowest BCUT2D eigenvalue weighted by Crippen LogP contribution is -2.30. The summed E-state index contributed by atoms with van der Waals surface area (Å²) in [6, 6.07) is 0. The largest absolute Gasteiger partial charge is 0.472 e. The molecule has 0 saturated carbocycles. The van der Waals surface area contributed by atoms with E-state index in [0.717, 1.165) is 77.0 Å². The van der Waals surface area contributed by atoms with Crippen LogP contribution in [0.5, 0.6) is 0 Å². The van der Waals surface area contributed by atoms with Crippen LogP contribution in [0.1, 0.15) is 123 Å². The van der Waals surface area contributed by atoms with E-state index < -0.39 is 57.4 Å². The van der Waals surface area contributed by atoms with E-state index in [1.807, 2.05) is 0 Å². The van der Waals surface area contributed by atoms with Crippen molar-refractivity contribution in [2.45, 2.75) is 147 Å². The van der Waals surface area contributed by atoms with Gasteiger partial charge in [0.1, 0.15) is 6.61 Å². The molecule has 0 aromatic carbocycles. The Morgan fingerprint density at radius 2 is 1.22 bits per heavy atom. The number of carbonyl (C=O) groups is 2. The third-order valence-electron chi connectivity index (χ3n) is 8.51. The van der Waals surface area contributed by atoms with Gasteiger partial charge < -0.3 is 35.4 Å². The monoisotopic (exact) mass is 862 g/mol. The van der Waals surface area contributed by atoms with E-state index in [1.54, 1.807) is 42.5 Å². The maximum absolute atomic E-state index is 12.6. The minimum Gasteiger partial charge on any atom is -0.462 e. The van der Waals surface area contributed by atoms with Gasteiger partial charge in [0.25, 0.3) is 0 Å². The van der Waals surface area contributed by atoms with Crippen LogP contribution in [0.25, 0.3) is 0 Å². The normalized spacial score (nSPS) is 15.9. The van der Waals surface area contributed by atoms with Crippen molar-refractivity contribution in [3.05, 3.63) is 109 Å². The van der Waals surface area contributed by atoms with Crippen molar-refractivity contribution in [1.29, 1.82) is 0 Å². The van der Waals surface area contributed by atoms with E-state index >= 15 is 0 Å². The van der Waals surface area contributed by atoms with Crippen LogP contribution in [0.2, 0.25) is 0 Å². The zero-order valence-corrected chi connectivity index (χ0v) is 37.1. The zero-order chi connectivity index (χ0) is 44.4. The van der Waals surface area contributed by atoms with Gasteiger partial charge in [0.05, 0.1) is 31.5 Å². The van der Waals surface area contributed by atoms with Crippen LogP contribution in [0.3, 0.4) is 0 Å². The number of rotatable bonds is 38. The van der Waals surface area contributed by atoms with Crippen molar-refractivity contribution in [3.8, 4) is 0 Å². The van der Waals surface area contributed by atoms with Crippen molar-refractivity contribution in [1.82, 2.24) is 0 Å². The molecule has 0 aromatic rings. The number of aliphatic hydroxyl groups excluding tert-OH is 3. The summed E-state index contributed by atoms with van der Waals surface area (Å²) >= 11 is 0. The molecule has 60 heavy (non-hydrogen) atoms. The molecular weight excluding hydrogens is 785 g/mol. The summed E-state index contributed by atoms with van der Waals surface area (Å²) in [5.74, 6) is -1.21. The second-order valence-electron chi connectivity index (χ2n) is 14.0. The van der Waals surface area contributed by atoms with Crippen molar-refractivity contribution in [3.63, 3.8) is 0 Å². The number of allylic oxidation sites excluding steroid dienone is 16. The van der Waals surface area contributed by atoms with Crippen molar-refractivity contribution >= 4 is 19.8 Å². The van der Waals surface area contributed by atoms with Crippen molar-refractivity contribution in [2.75, 3.05) is 26.4 Å². The van der Waals surface area contributed by atoms with E-state index in [4.69, 9.17) is 24.3 Å². The van der Waals surface area contributed by atoms with Gasteiger partial charge in [-0.05, 0) is 70.6 Å². The molecule has 0 amide bonds. The van der Waals surface area contributed by atoms with E-state index in [2.05, 4.69) is 74.6 Å². The summed E-state index contributed by atoms with van der Waals surface area (Å²) in [7, 11) is -4.49. The minimum atomic E-state index is -4.49. The van der Waals surface area contributed by atoms with E-state index in [0.29, 0.717) is 6.42 Å². The lowest BCUT2D eigenvalue weighted by Gasteiger charge is -2.20. The first-order valence-corrected chi connectivity index (χ1v) is 23.2. The first-order chi connectivity index (χ1) is 29.0. The first kappa shape index (κ1) is 56.5. The highest BCUT2D eigenvalue weighted by Crippen LogP contribution is 2.43. The molecule has 0 heterocycles. The lowest BCUT2D eigenvalue weighted by atomic mass is 10.1. The smallest absolute Gasteiger partial charge is 0.462 e. The summed E-state index contributed by atoms with van der Waals surface area (Å²) in [6.45, 7) is 3.04. The second-order valence-corrected chi connectivity index (χ2v) is 15.5. The molecule has 0 spiro atoms. The molecule has 0 bridgehead atoms. The molecule has 13 heteroatoms. The Balaban J connectivity index is 4.57. The van der Waals surface area contributed by atoms with Gasteiger partial charge in [-0.15, -0.1) is 0 Å². The first-order valence-electron chi connectivity index (χ1n) is 21.7. The number of nitrogens with two attached hydrogens (primary N) is 1. The average molecular weight is 862 g/mol. The molecule has 5 atom stereocenters. The molecule has 12 nitrogen and oxygen atoms in total. The van der Waals surface area contributed by atoms with E-state index in [9.17, 15) is 34.4 Å². The number of hydrogen-bond donors (Lipinski definition) is 5. The number of carbonyl (C=O) groups excluding carboxylic acids is 2. The summed E-state index contributed by atoms with van der Waals surface area (Å²) in [6.07, 6.45) is 43.4. The predicted octanol–water partition coefficient (Wildman–Crippen LogP) is 9.29. The topological polar surface area (TPSA) is 195 Å². The van der Waals surface area contributed by atoms with Gasteiger partial charge in [-0.3, -0.25) is 18.6 Å². The van der Waals surface area contributed by atoms with Crippen molar-refractivity contribution < 1.29 is 52.9 Å². The number of esters is 2. The molecule has 340 valence electrons. The highest BCUT2D eigenvalue weighted by atomic mass is 31.2. The maximum Gasteiger partial charge on any atom is 0.472 e. The fourth-order valence-corrected chi connectivity index (χ4v) is 5.93. The molecule has 0 aliphatic heterocycles. The Hall–Kier alpha value is -3.45. The Labute approximate surface area is 360 Å². The molecule has 0 rings (SSSR count). The van der Waals surface area contributed by atoms with Crippen LogP contribution in [0.15, 0.2) is 109 Å². The number of aliphatic hydroxyl groups is 3. The van der Waals surface area contributed by atoms with Crippen LogP contribution < -0.4 is 5.73 Å². The molecule has 0 radical (unpaired) electrons. The maximum atomic E-state index is 12.6. The number of phosphoric acid groups is 1. The molecular formula is C47H76NO11P. The molecule has 0 aliphatic rings. The Morgan fingerprint density at radius 1 is 0.633 bits per heavy atom.